The maximum atomic E-state index is 11.0. The first kappa shape index (κ1) is 11.7. The lowest BCUT2D eigenvalue weighted by molar-refractivity contribution is 0.0656. The minimum atomic E-state index is -1.15. The van der Waals surface area contributed by atoms with Crippen LogP contribution in [0.1, 0.15) is 21.9 Å². The number of methoxy groups -OCH3 is 1. The number of carboxylic acid groups (broad SMARTS) is 1. The summed E-state index contributed by atoms with van der Waals surface area (Å²) in [6.45, 7) is 1.91. The predicted molar refractivity (Wildman–Crippen MR) is 60.0 cm³/mol. The molecule has 0 aliphatic rings. The first-order chi connectivity index (χ1) is 8.13. The normalized spacial score (nSPS) is 10.7. The van der Waals surface area contributed by atoms with Gasteiger partial charge >= 0.3 is 5.97 Å². The van der Waals surface area contributed by atoms with Crippen LogP contribution >= 0.6 is 11.3 Å². The summed E-state index contributed by atoms with van der Waals surface area (Å²) in [5.41, 5.74) is 2.70. The molecule has 1 N–H and O–H groups in total. The zero-order valence-electron chi connectivity index (χ0n) is 9.26. The number of oxazole rings is 1. The largest absolute Gasteiger partial charge is 0.475 e. The zero-order valence-corrected chi connectivity index (χ0v) is 10.1. The maximum absolute atomic E-state index is 11.0. The number of carboxylic acids is 1. The third-order valence-electron chi connectivity index (χ3n) is 2.11. The van der Waals surface area contributed by atoms with Gasteiger partial charge in [0.25, 0.3) is 0 Å². The van der Waals surface area contributed by atoms with Gasteiger partial charge in [-0.05, 0) is 6.92 Å². The number of aryl methyl sites for hydroxylation is 1. The van der Waals surface area contributed by atoms with E-state index in [9.17, 15) is 4.79 Å². The number of rotatable bonds is 4. The van der Waals surface area contributed by atoms with Crippen LogP contribution in [0, 0.1) is 6.92 Å². The molecule has 0 unspecified atom stereocenters. The number of aromatic carboxylic acids is 1. The van der Waals surface area contributed by atoms with Gasteiger partial charge in [-0.1, -0.05) is 0 Å². The second kappa shape index (κ2) is 4.64. The summed E-state index contributed by atoms with van der Waals surface area (Å²) in [6, 6.07) is 0. The molecule has 0 spiro atoms. The van der Waals surface area contributed by atoms with Crippen molar-refractivity contribution in [2.75, 3.05) is 7.11 Å². The molecule has 2 aromatic heterocycles. The van der Waals surface area contributed by atoms with E-state index in [4.69, 9.17) is 14.3 Å². The molecule has 0 atom stereocenters. The number of hydrogen-bond donors (Lipinski definition) is 1. The topological polar surface area (TPSA) is 85.5 Å². The van der Waals surface area contributed by atoms with E-state index in [-0.39, 0.29) is 24.0 Å². The number of aromatic nitrogens is 2. The van der Waals surface area contributed by atoms with Crippen LogP contribution in [0.3, 0.4) is 0 Å². The Kier molecular flexibility index (Phi) is 3.21. The van der Waals surface area contributed by atoms with Crippen LogP contribution in [-0.4, -0.2) is 28.2 Å². The number of hydrogen-bond acceptors (Lipinski definition) is 6. The highest BCUT2D eigenvalue weighted by molar-refractivity contribution is 7.13. The Bertz CT molecular complexity index is 546. The van der Waals surface area contributed by atoms with Gasteiger partial charge in [-0.2, -0.15) is 0 Å². The van der Waals surface area contributed by atoms with Gasteiger partial charge in [0.15, 0.2) is 0 Å². The van der Waals surface area contributed by atoms with E-state index < -0.39 is 5.97 Å². The lowest BCUT2D eigenvalue weighted by Crippen LogP contribution is -2.00. The van der Waals surface area contributed by atoms with Crippen LogP contribution in [0.5, 0.6) is 0 Å². The van der Waals surface area contributed by atoms with E-state index in [1.807, 2.05) is 6.92 Å². The van der Waals surface area contributed by atoms with Gasteiger partial charge in [0.2, 0.25) is 11.7 Å². The van der Waals surface area contributed by atoms with Gasteiger partial charge in [0.1, 0.15) is 10.6 Å². The Labute approximate surface area is 101 Å². The van der Waals surface area contributed by atoms with Crippen LogP contribution in [-0.2, 0) is 11.3 Å². The second-order valence-corrected chi connectivity index (χ2v) is 4.15. The molecule has 90 valence electrons. The average Bonchev–Trinajstić information content (AvgIpc) is 2.84. The maximum Gasteiger partial charge on any atom is 0.373 e. The smallest absolute Gasteiger partial charge is 0.373 e. The highest BCUT2D eigenvalue weighted by Crippen LogP contribution is 2.28. The van der Waals surface area contributed by atoms with E-state index in [1.165, 1.54) is 18.4 Å². The molecular formula is C10H10N2O4S. The molecule has 0 aliphatic carbocycles. The van der Waals surface area contributed by atoms with Gasteiger partial charge in [-0.15, -0.1) is 11.3 Å². The molecule has 0 aromatic carbocycles. The molecule has 0 saturated heterocycles. The third-order valence-corrected chi connectivity index (χ3v) is 3.03. The zero-order chi connectivity index (χ0) is 12.4. The van der Waals surface area contributed by atoms with E-state index in [0.29, 0.717) is 0 Å². The predicted octanol–water partition coefficient (Wildman–Crippen LogP) is 1.95. The van der Waals surface area contributed by atoms with Crippen molar-refractivity contribution >= 4 is 17.3 Å². The fourth-order valence-corrected chi connectivity index (χ4v) is 2.09. The number of ether oxygens (including phenoxy) is 1. The van der Waals surface area contributed by atoms with Crippen molar-refractivity contribution in [3.05, 3.63) is 22.7 Å². The number of thiazole rings is 1. The summed E-state index contributed by atoms with van der Waals surface area (Å²) in [5.74, 6) is -1.07. The molecule has 0 amide bonds. The molecule has 2 rings (SSSR count). The molecule has 17 heavy (non-hydrogen) atoms. The Hall–Kier alpha value is -1.73. The summed E-state index contributed by atoms with van der Waals surface area (Å²) in [5, 5.41) is 8.97. The standard InChI is InChI=1S/C10H10N2O4S/c1-5-8(17-4-11-5)9-12-6(3-15-2)7(16-9)10(13)14/h4H,3H2,1-2H3,(H,13,14). The van der Waals surface area contributed by atoms with Crippen LogP contribution in [0.25, 0.3) is 10.8 Å². The minimum Gasteiger partial charge on any atom is -0.475 e. The van der Waals surface area contributed by atoms with Gasteiger partial charge in [-0.3, -0.25) is 0 Å². The molecule has 0 radical (unpaired) electrons. The van der Waals surface area contributed by atoms with Crippen molar-refractivity contribution in [1.82, 2.24) is 9.97 Å². The second-order valence-electron chi connectivity index (χ2n) is 3.30. The van der Waals surface area contributed by atoms with Crippen molar-refractivity contribution in [3.8, 4) is 10.8 Å². The first-order valence-electron chi connectivity index (χ1n) is 4.76. The molecule has 0 bridgehead atoms. The molecular weight excluding hydrogens is 244 g/mol. The lowest BCUT2D eigenvalue weighted by Gasteiger charge is -1.92. The Balaban J connectivity index is 2.47. The van der Waals surface area contributed by atoms with Crippen molar-refractivity contribution in [2.24, 2.45) is 0 Å². The Morgan fingerprint density at radius 2 is 2.41 bits per heavy atom. The molecule has 7 heteroatoms. The minimum absolute atomic E-state index is 0.100. The fraction of sp³-hybridized carbons (Fsp3) is 0.300. The molecule has 2 heterocycles. The lowest BCUT2D eigenvalue weighted by atomic mass is 10.3. The quantitative estimate of drug-likeness (QED) is 0.897. The van der Waals surface area contributed by atoms with E-state index in [1.54, 1.807) is 5.51 Å². The van der Waals surface area contributed by atoms with Crippen molar-refractivity contribution in [3.63, 3.8) is 0 Å². The molecule has 6 nitrogen and oxygen atoms in total. The van der Waals surface area contributed by atoms with E-state index in [0.717, 1.165) is 10.6 Å². The monoisotopic (exact) mass is 254 g/mol. The van der Waals surface area contributed by atoms with Crippen LogP contribution in [0.4, 0.5) is 0 Å². The number of nitrogens with zero attached hydrogens (tertiary/aromatic N) is 2. The third kappa shape index (κ3) is 2.20. The molecule has 0 fully saturated rings. The SMILES string of the molecule is COCc1nc(-c2scnc2C)oc1C(=O)O. The van der Waals surface area contributed by atoms with Gasteiger partial charge < -0.3 is 14.3 Å². The highest BCUT2D eigenvalue weighted by atomic mass is 32.1. The molecule has 0 aliphatic heterocycles. The van der Waals surface area contributed by atoms with Crippen molar-refractivity contribution in [2.45, 2.75) is 13.5 Å². The van der Waals surface area contributed by atoms with Crippen LogP contribution in [0.15, 0.2) is 9.93 Å². The average molecular weight is 254 g/mol. The van der Waals surface area contributed by atoms with Crippen molar-refractivity contribution in [1.29, 1.82) is 0 Å². The summed E-state index contributed by atoms with van der Waals surface area (Å²) in [7, 11) is 1.47. The van der Waals surface area contributed by atoms with Crippen LogP contribution in [0.2, 0.25) is 0 Å². The van der Waals surface area contributed by atoms with Gasteiger partial charge in [0.05, 0.1) is 17.8 Å². The van der Waals surface area contributed by atoms with E-state index in [2.05, 4.69) is 9.97 Å². The van der Waals surface area contributed by atoms with Crippen LogP contribution < -0.4 is 0 Å². The van der Waals surface area contributed by atoms with E-state index >= 15 is 0 Å². The summed E-state index contributed by atoms with van der Waals surface area (Å²) in [4.78, 5) is 19.9. The Morgan fingerprint density at radius 3 is 2.94 bits per heavy atom. The van der Waals surface area contributed by atoms with Gasteiger partial charge in [-0.25, -0.2) is 14.8 Å². The molecule has 2 aromatic rings. The van der Waals surface area contributed by atoms with Crippen molar-refractivity contribution < 1.29 is 19.1 Å². The van der Waals surface area contributed by atoms with Gasteiger partial charge in [0, 0.05) is 7.11 Å². The molecule has 0 saturated carbocycles. The Morgan fingerprint density at radius 1 is 1.65 bits per heavy atom. The fourth-order valence-electron chi connectivity index (χ4n) is 1.36. The summed E-state index contributed by atoms with van der Waals surface area (Å²) < 4.78 is 10.1. The summed E-state index contributed by atoms with van der Waals surface area (Å²) >= 11 is 1.35. The summed E-state index contributed by atoms with van der Waals surface area (Å²) in [6.07, 6.45) is 0. The highest BCUT2D eigenvalue weighted by Gasteiger charge is 2.21. The first-order valence-corrected chi connectivity index (χ1v) is 5.63. The number of carbonyl (C=O) groups is 1.